The highest BCUT2D eigenvalue weighted by molar-refractivity contribution is 7.89. The van der Waals surface area contributed by atoms with Gasteiger partial charge in [-0.25, -0.2) is 12.7 Å². The number of hydrogen-bond acceptors (Lipinski definition) is 4. The van der Waals surface area contributed by atoms with E-state index < -0.39 is 15.6 Å². The lowest BCUT2D eigenvalue weighted by atomic mass is 10.0. The van der Waals surface area contributed by atoms with E-state index in [0.717, 1.165) is 4.31 Å². The van der Waals surface area contributed by atoms with E-state index in [2.05, 4.69) is 5.32 Å². The van der Waals surface area contributed by atoms with Crippen LogP contribution in [0.2, 0.25) is 0 Å². The standard InChI is InChI=1S/C13H21N3O3S/c1-13(2,14)9-12(17)15-10-6-5-7-11(8-10)20(18,19)16(3)4/h5-8H,9,14H2,1-4H3,(H,15,17). The van der Waals surface area contributed by atoms with Crippen LogP contribution in [0.1, 0.15) is 20.3 Å². The summed E-state index contributed by atoms with van der Waals surface area (Å²) in [6.07, 6.45) is 0.150. The number of amides is 1. The molecule has 0 aromatic heterocycles. The molecule has 0 bridgehead atoms. The van der Waals surface area contributed by atoms with Crippen molar-refractivity contribution in [2.75, 3.05) is 19.4 Å². The Morgan fingerprint density at radius 1 is 1.35 bits per heavy atom. The van der Waals surface area contributed by atoms with Gasteiger partial charge in [-0.2, -0.15) is 0 Å². The van der Waals surface area contributed by atoms with Crippen LogP contribution in [-0.2, 0) is 14.8 Å². The Kier molecular flexibility index (Phi) is 4.90. The highest BCUT2D eigenvalue weighted by atomic mass is 32.2. The van der Waals surface area contributed by atoms with Crippen molar-refractivity contribution < 1.29 is 13.2 Å². The van der Waals surface area contributed by atoms with Gasteiger partial charge in [-0.15, -0.1) is 0 Å². The summed E-state index contributed by atoms with van der Waals surface area (Å²) in [5, 5.41) is 2.65. The predicted molar refractivity (Wildman–Crippen MR) is 78.8 cm³/mol. The quantitative estimate of drug-likeness (QED) is 0.848. The molecule has 0 unspecified atom stereocenters. The van der Waals surface area contributed by atoms with Gasteiger partial charge in [-0.1, -0.05) is 6.07 Å². The molecule has 1 aromatic carbocycles. The SMILES string of the molecule is CN(C)S(=O)(=O)c1cccc(NC(=O)CC(C)(C)N)c1. The molecule has 112 valence electrons. The van der Waals surface area contributed by atoms with Crippen LogP contribution in [-0.4, -0.2) is 38.3 Å². The van der Waals surface area contributed by atoms with E-state index in [4.69, 9.17) is 5.73 Å². The number of rotatable bonds is 5. The first kappa shape index (κ1) is 16.6. The average molecular weight is 299 g/mol. The van der Waals surface area contributed by atoms with Crippen molar-refractivity contribution in [1.29, 1.82) is 0 Å². The third-order valence-electron chi connectivity index (χ3n) is 2.51. The first-order chi connectivity index (χ1) is 9.02. The van der Waals surface area contributed by atoms with E-state index in [-0.39, 0.29) is 17.2 Å². The van der Waals surface area contributed by atoms with Crippen LogP contribution < -0.4 is 11.1 Å². The Labute approximate surface area is 120 Å². The molecule has 3 N–H and O–H groups in total. The lowest BCUT2D eigenvalue weighted by Crippen LogP contribution is -2.36. The van der Waals surface area contributed by atoms with Crippen LogP contribution in [0.25, 0.3) is 0 Å². The van der Waals surface area contributed by atoms with Gasteiger partial charge in [0.15, 0.2) is 0 Å². The average Bonchev–Trinajstić information content (AvgIpc) is 2.26. The van der Waals surface area contributed by atoms with Gasteiger partial charge in [0.25, 0.3) is 0 Å². The Morgan fingerprint density at radius 2 is 1.95 bits per heavy atom. The summed E-state index contributed by atoms with van der Waals surface area (Å²) in [6.45, 7) is 3.50. The molecular formula is C13H21N3O3S. The summed E-state index contributed by atoms with van der Waals surface area (Å²) in [6, 6.07) is 6.13. The summed E-state index contributed by atoms with van der Waals surface area (Å²) < 4.78 is 25.1. The van der Waals surface area contributed by atoms with Gasteiger partial charge in [0, 0.05) is 31.7 Å². The first-order valence-electron chi connectivity index (χ1n) is 6.14. The van der Waals surface area contributed by atoms with Crippen molar-refractivity contribution in [1.82, 2.24) is 4.31 Å². The molecule has 0 aliphatic rings. The van der Waals surface area contributed by atoms with E-state index >= 15 is 0 Å². The van der Waals surface area contributed by atoms with E-state index in [1.54, 1.807) is 26.0 Å². The molecule has 0 spiro atoms. The van der Waals surface area contributed by atoms with Crippen LogP contribution in [0.15, 0.2) is 29.2 Å². The summed E-state index contributed by atoms with van der Waals surface area (Å²) in [5.74, 6) is -0.253. The zero-order valence-corrected chi connectivity index (χ0v) is 13.0. The van der Waals surface area contributed by atoms with E-state index in [1.807, 2.05) is 0 Å². The third-order valence-corrected chi connectivity index (χ3v) is 4.32. The topological polar surface area (TPSA) is 92.5 Å². The lowest BCUT2D eigenvalue weighted by molar-refractivity contribution is -0.117. The van der Waals surface area contributed by atoms with Gasteiger partial charge in [0.2, 0.25) is 15.9 Å². The van der Waals surface area contributed by atoms with Crippen molar-refractivity contribution >= 4 is 21.6 Å². The number of nitrogens with one attached hydrogen (secondary N) is 1. The van der Waals surface area contributed by atoms with Crippen LogP contribution in [0.3, 0.4) is 0 Å². The largest absolute Gasteiger partial charge is 0.326 e. The van der Waals surface area contributed by atoms with E-state index in [1.165, 1.54) is 26.2 Å². The first-order valence-corrected chi connectivity index (χ1v) is 7.58. The molecule has 0 fully saturated rings. The second kappa shape index (κ2) is 5.90. The molecule has 0 aliphatic heterocycles. The van der Waals surface area contributed by atoms with E-state index in [0.29, 0.717) is 5.69 Å². The van der Waals surface area contributed by atoms with Gasteiger partial charge in [0.05, 0.1) is 4.90 Å². The number of carbonyl (C=O) groups is 1. The van der Waals surface area contributed by atoms with E-state index in [9.17, 15) is 13.2 Å². The molecule has 6 nitrogen and oxygen atoms in total. The second-order valence-corrected chi connectivity index (χ2v) is 7.68. The Morgan fingerprint density at radius 3 is 2.45 bits per heavy atom. The minimum Gasteiger partial charge on any atom is -0.326 e. The molecule has 1 aromatic rings. The van der Waals surface area contributed by atoms with Crippen LogP contribution in [0.4, 0.5) is 5.69 Å². The van der Waals surface area contributed by atoms with Gasteiger partial charge in [0.1, 0.15) is 0 Å². The molecule has 0 heterocycles. The number of benzene rings is 1. The van der Waals surface area contributed by atoms with Crippen molar-refractivity contribution in [2.45, 2.75) is 30.7 Å². The van der Waals surface area contributed by atoms with Gasteiger partial charge < -0.3 is 11.1 Å². The molecule has 0 aliphatic carbocycles. The maximum Gasteiger partial charge on any atom is 0.242 e. The predicted octanol–water partition coefficient (Wildman–Crippen LogP) is 1.00. The number of sulfonamides is 1. The lowest BCUT2D eigenvalue weighted by Gasteiger charge is -2.18. The van der Waals surface area contributed by atoms with Crippen molar-refractivity contribution in [2.24, 2.45) is 5.73 Å². The summed E-state index contributed by atoms with van der Waals surface area (Å²) >= 11 is 0. The highest BCUT2D eigenvalue weighted by Crippen LogP contribution is 2.18. The normalized spacial score (nSPS) is 12.5. The molecule has 1 amide bonds. The summed E-state index contributed by atoms with van der Waals surface area (Å²) in [4.78, 5) is 11.9. The smallest absolute Gasteiger partial charge is 0.242 e. The fourth-order valence-electron chi connectivity index (χ4n) is 1.56. The Hall–Kier alpha value is -1.44. The molecule has 0 saturated heterocycles. The maximum absolute atomic E-state index is 12.0. The van der Waals surface area contributed by atoms with Gasteiger partial charge >= 0.3 is 0 Å². The van der Waals surface area contributed by atoms with Gasteiger partial charge in [-0.05, 0) is 32.0 Å². The number of nitrogens with two attached hydrogens (primary N) is 1. The van der Waals surface area contributed by atoms with Crippen molar-refractivity contribution in [3.05, 3.63) is 24.3 Å². The van der Waals surface area contributed by atoms with Crippen LogP contribution >= 0.6 is 0 Å². The zero-order valence-electron chi connectivity index (χ0n) is 12.2. The number of anilines is 1. The maximum atomic E-state index is 12.0. The highest BCUT2D eigenvalue weighted by Gasteiger charge is 2.19. The summed E-state index contributed by atoms with van der Waals surface area (Å²) in [7, 11) is -0.601. The van der Waals surface area contributed by atoms with Gasteiger partial charge in [-0.3, -0.25) is 4.79 Å². The summed E-state index contributed by atoms with van der Waals surface area (Å²) in [5.41, 5.74) is 5.58. The Bertz CT molecular complexity index is 589. The van der Waals surface area contributed by atoms with Crippen LogP contribution in [0.5, 0.6) is 0 Å². The molecule has 20 heavy (non-hydrogen) atoms. The number of carbonyl (C=O) groups excluding carboxylic acids is 1. The number of hydrogen-bond donors (Lipinski definition) is 2. The Balaban J connectivity index is 2.93. The number of nitrogens with zero attached hydrogens (tertiary/aromatic N) is 1. The molecule has 1 rings (SSSR count). The van der Waals surface area contributed by atoms with Crippen LogP contribution in [0, 0.1) is 0 Å². The molecule has 7 heteroatoms. The second-order valence-electron chi connectivity index (χ2n) is 5.53. The third kappa shape index (κ3) is 4.59. The fourth-order valence-corrected chi connectivity index (χ4v) is 2.51. The monoisotopic (exact) mass is 299 g/mol. The molecule has 0 radical (unpaired) electrons. The zero-order chi connectivity index (χ0) is 15.6. The molecular weight excluding hydrogens is 278 g/mol. The van der Waals surface area contributed by atoms with Crippen molar-refractivity contribution in [3.63, 3.8) is 0 Å². The minimum absolute atomic E-state index is 0.132. The molecule has 0 atom stereocenters. The fraction of sp³-hybridized carbons (Fsp3) is 0.462. The van der Waals surface area contributed by atoms with Crippen molar-refractivity contribution in [3.8, 4) is 0 Å². The minimum atomic E-state index is -3.51. The molecule has 0 saturated carbocycles.